The molecule has 0 aliphatic carbocycles. The van der Waals surface area contributed by atoms with E-state index in [0.717, 1.165) is 42.9 Å². The average molecular weight is 250 g/mol. The number of amides is 1. The van der Waals surface area contributed by atoms with Gasteiger partial charge in [0.05, 0.1) is 5.69 Å². The molecule has 1 aromatic rings. The number of likely N-dealkylation sites (tertiary alicyclic amines) is 1. The Morgan fingerprint density at radius 2 is 2.28 bits per heavy atom. The summed E-state index contributed by atoms with van der Waals surface area (Å²) in [5.74, 6) is 1.75. The predicted molar refractivity (Wildman–Crippen MR) is 69.3 cm³/mol. The number of hydrogen-bond acceptors (Lipinski definition) is 3. The molecule has 0 aromatic carbocycles. The molecule has 1 aromatic heterocycles. The van der Waals surface area contributed by atoms with E-state index in [1.165, 1.54) is 6.42 Å². The monoisotopic (exact) mass is 250 g/mol. The minimum absolute atomic E-state index is 0.265. The first-order valence-corrected chi connectivity index (χ1v) is 6.77. The minimum Gasteiger partial charge on any atom is -0.361 e. The van der Waals surface area contributed by atoms with Gasteiger partial charge in [-0.25, -0.2) is 0 Å². The molecule has 0 spiro atoms. The molecule has 1 atom stereocenters. The van der Waals surface area contributed by atoms with Crippen LogP contribution in [0.2, 0.25) is 0 Å². The Bertz CT molecular complexity index is 406. The van der Waals surface area contributed by atoms with E-state index >= 15 is 0 Å². The van der Waals surface area contributed by atoms with Crippen LogP contribution >= 0.6 is 0 Å². The van der Waals surface area contributed by atoms with Crippen molar-refractivity contribution in [2.24, 2.45) is 5.92 Å². The highest BCUT2D eigenvalue weighted by Gasteiger charge is 2.21. The van der Waals surface area contributed by atoms with Crippen LogP contribution < -0.4 is 0 Å². The van der Waals surface area contributed by atoms with Crippen molar-refractivity contribution < 1.29 is 9.32 Å². The smallest absolute Gasteiger partial charge is 0.222 e. The molecular weight excluding hydrogens is 228 g/mol. The van der Waals surface area contributed by atoms with Crippen LogP contribution in [0.25, 0.3) is 0 Å². The summed E-state index contributed by atoms with van der Waals surface area (Å²) >= 11 is 0. The van der Waals surface area contributed by atoms with Crippen molar-refractivity contribution in [3.63, 3.8) is 0 Å². The van der Waals surface area contributed by atoms with Gasteiger partial charge in [0, 0.05) is 25.1 Å². The summed E-state index contributed by atoms with van der Waals surface area (Å²) < 4.78 is 5.12. The highest BCUT2D eigenvalue weighted by Crippen LogP contribution is 2.18. The summed E-state index contributed by atoms with van der Waals surface area (Å²) in [7, 11) is 0. The van der Waals surface area contributed by atoms with Gasteiger partial charge in [0.1, 0.15) is 5.76 Å². The number of nitrogens with zero attached hydrogens (tertiary/aromatic N) is 2. The van der Waals surface area contributed by atoms with Gasteiger partial charge in [0.25, 0.3) is 0 Å². The van der Waals surface area contributed by atoms with E-state index in [4.69, 9.17) is 4.52 Å². The molecule has 1 aliphatic rings. The zero-order chi connectivity index (χ0) is 13.1. The minimum atomic E-state index is 0.265. The molecule has 2 heterocycles. The van der Waals surface area contributed by atoms with E-state index in [-0.39, 0.29) is 5.91 Å². The molecule has 2 rings (SSSR count). The van der Waals surface area contributed by atoms with E-state index < -0.39 is 0 Å². The Balaban J connectivity index is 1.88. The van der Waals surface area contributed by atoms with Gasteiger partial charge in [-0.15, -0.1) is 0 Å². The van der Waals surface area contributed by atoms with Crippen molar-refractivity contribution in [3.05, 3.63) is 17.0 Å². The van der Waals surface area contributed by atoms with Gasteiger partial charge in [0.15, 0.2) is 0 Å². The first-order chi connectivity index (χ1) is 8.58. The molecule has 1 fully saturated rings. The van der Waals surface area contributed by atoms with E-state index in [2.05, 4.69) is 12.1 Å². The quantitative estimate of drug-likeness (QED) is 0.828. The summed E-state index contributed by atoms with van der Waals surface area (Å²) in [4.78, 5) is 14.1. The molecule has 1 saturated heterocycles. The summed E-state index contributed by atoms with van der Waals surface area (Å²) in [5, 5.41) is 3.92. The zero-order valence-corrected chi connectivity index (χ0v) is 11.5. The molecule has 4 heteroatoms. The third-order valence-corrected chi connectivity index (χ3v) is 3.78. The lowest BCUT2D eigenvalue weighted by atomic mass is 9.99. The second kappa shape index (κ2) is 5.55. The van der Waals surface area contributed by atoms with Crippen molar-refractivity contribution >= 4 is 5.91 Å². The van der Waals surface area contributed by atoms with Crippen LogP contribution in [-0.4, -0.2) is 29.1 Å². The SMILES string of the molecule is Cc1noc(C)c1CCC(=O)N1CCCC(C)C1. The standard InChI is InChI=1S/C14H22N2O2/c1-10-5-4-8-16(9-10)14(17)7-6-13-11(2)15-18-12(13)3/h10H,4-9H2,1-3H3. The Morgan fingerprint density at radius 1 is 1.50 bits per heavy atom. The molecule has 4 nitrogen and oxygen atoms in total. The Kier molecular flexibility index (Phi) is 4.04. The molecule has 0 bridgehead atoms. The number of carbonyl (C=O) groups excluding carboxylic acids is 1. The zero-order valence-electron chi connectivity index (χ0n) is 11.5. The second-order valence-corrected chi connectivity index (χ2v) is 5.39. The molecule has 0 radical (unpaired) electrons. The van der Waals surface area contributed by atoms with Crippen LogP contribution in [-0.2, 0) is 11.2 Å². The fraction of sp³-hybridized carbons (Fsp3) is 0.714. The fourth-order valence-electron chi connectivity index (χ4n) is 2.66. The largest absolute Gasteiger partial charge is 0.361 e. The lowest BCUT2D eigenvalue weighted by Crippen LogP contribution is -2.39. The third-order valence-electron chi connectivity index (χ3n) is 3.78. The highest BCUT2D eigenvalue weighted by molar-refractivity contribution is 5.76. The third kappa shape index (κ3) is 2.92. The van der Waals surface area contributed by atoms with E-state index in [1.54, 1.807) is 0 Å². The van der Waals surface area contributed by atoms with Crippen LogP contribution in [0.4, 0.5) is 0 Å². The highest BCUT2D eigenvalue weighted by atomic mass is 16.5. The average Bonchev–Trinajstić information content (AvgIpc) is 2.66. The Morgan fingerprint density at radius 3 is 2.89 bits per heavy atom. The number of hydrogen-bond donors (Lipinski definition) is 0. The fourth-order valence-corrected chi connectivity index (χ4v) is 2.66. The van der Waals surface area contributed by atoms with Crippen LogP contribution in [0, 0.1) is 19.8 Å². The summed E-state index contributed by atoms with van der Waals surface area (Å²) in [6.07, 6.45) is 3.69. The van der Waals surface area contributed by atoms with Crippen LogP contribution in [0.15, 0.2) is 4.52 Å². The summed E-state index contributed by atoms with van der Waals surface area (Å²) in [5.41, 5.74) is 2.00. The lowest BCUT2D eigenvalue weighted by molar-refractivity contribution is -0.132. The van der Waals surface area contributed by atoms with Crippen LogP contribution in [0.1, 0.15) is 43.2 Å². The predicted octanol–water partition coefficient (Wildman–Crippen LogP) is 2.48. The van der Waals surface area contributed by atoms with E-state index in [9.17, 15) is 4.79 Å². The number of carbonyl (C=O) groups is 1. The molecule has 1 unspecified atom stereocenters. The van der Waals surface area contributed by atoms with Crippen LogP contribution in [0.3, 0.4) is 0 Å². The van der Waals surface area contributed by atoms with E-state index in [0.29, 0.717) is 12.3 Å². The van der Waals surface area contributed by atoms with Crippen LogP contribution in [0.5, 0.6) is 0 Å². The number of aryl methyl sites for hydroxylation is 2. The molecule has 0 saturated carbocycles. The van der Waals surface area contributed by atoms with Gasteiger partial charge < -0.3 is 9.42 Å². The lowest BCUT2D eigenvalue weighted by Gasteiger charge is -2.31. The summed E-state index contributed by atoms with van der Waals surface area (Å²) in [6, 6.07) is 0. The molecular formula is C14H22N2O2. The van der Waals surface area contributed by atoms with Gasteiger partial charge in [-0.2, -0.15) is 0 Å². The molecule has 1 aliphatic heterocycles. The van der Waals surface area contributed by atoms with Gasteiger partial charge in [-0.3, -0.25) is 4.79 Å². The van der Waals surface area contributed by atoms with Gasteiger partial charge in [-0.1, -0.05) is 12.1 Å². The normalized spacial score (nSPS) is 20.2. The Hall–Kier alpha value is -1.32. The molecule has 18 heavy (non-hydrogen) atoms. The first kappa shape index (κ1) is 13.1. The van der Waals surface area contributed by atoms with Crippen molar-refractivity contribution in [1.82, 2.24) is 10.1 Å². The summed E-state index contributed by atoms with van der Waals surface area (Å²) in [6.45, 7) is 7.89. The van der Waals surface area contributed by atoms with Gasteiger partial charge in [0.2, 0.25) is 5.91 Å². The first-order valence-electron chi connectivity index (χ1n) is 6.77. The van der Waals surface area contributed by atoms with Gasteiger partial charge >= 0.3 is 0 Å². The number of piperidine rings is 1. The van der Waals surface area contributed by atoms with Crippen molar-refractivity contribution in [2.75, 3.05) is 13.1 Å². The number of rotatable bonds is 3. The maximum atomic E-state index is 12.1. The number of aromatic nitrogens is 1. The topological polar surface area (TPSA) is 46.3 Å². The second-order valence-electron chi connectivity index (χ2n) is 5.39. The van der Waals surface area contributed by atoms with Crippen molar-refractivity contribution in [3.8, 4) is 0 Å². The maximum Gasteiger partial charge on any atom is 0.222 e. The van der Waals surface area contributed by atoms with E-state index in [1.807, 2.05) is 18.7 Å². The van der Waals surface area contributed by atoms with Crippen molar-refractivity contribution in [1.29, 1.82) is 0 Å². The molecule has 1 amide bonds. The Labute approximate surface area is 108 Å². The molecule has 0 N–H and O–H groups in total. The van der Waals surface area contributed by atoms with Gasteiger partial charge in [-0.05, 0) is 39.0 Å². The molecule has 100 valence electrons. The van der Waals surface area contributed by atoms with Crippen molar-refractivity contribution in [2.45, 2.75) is 46.5 Å². The maximum absolute atomic E-state index is 12.1.